The Kier molecular flexibility index (Phi) is 3.29. The Bertz CT molecular complexity index is 723. The van der Waals surface area contributed by atoms with Gasteiger partial charge in [-0.25, -0.2) is 4.68 Å². The van der Waals surface area contributed by atoms with Gasteiger partial charge >= 0.3 is 0 Å². The van der Waals surface area contributed by atoms with Crippen LogP contribution in [0.25, 0.3) is 11.3 Å². The minimum atomic E-state index is 0.691. The quantitative estimate of drug-likeness (QED) is 0.920. The Hall–Kier alpha value is -2.49. The molecule has 0 radical (unpaired) electrons. The third-order valence-electron chi connectivity index (χ3n) is 3.70. The molecule has 4 nitrogen and oxygen atoms in total. The summed E-state index contributed by atoms with van der Waals surface area (Å²) in [5.74, 6) is 0.691. The molecule has 0 bridgehead atoms. The Balaban J connectivity index is 2.10. The summed E-state index contributed by atoms with van der Waals surface area (Å²) in [7, 11) is 2.07. The number of nitrogen functional groups attached to an aromatic ring is 1. The zero-order valence-electron chi connectivity index (χ0n) is 12.7. The van der Waals surface area contributed by atoms with Crippen LogP contribution in [0.2, 0.25) is 0 Å². The van der Waals surface area contributed by atoms with Crippen LogP contribution >= 0.6 is 0 Å². The van der Waals surface area contributed by atoms with Gasteiger partial charge in [-0.05, 0) is 26.0 Å². The molecule has 0 amide bonds. The highest BCUT2D eigenvalue weighted by Crippen LogP contribution is 2.28. The topological polar surface area (TPSA) is 47.1 Å². The molecule has 2 heterocycles. The van der Waals surface area contributed by atoms with Gasteiger partial charge in [-0.2, -0.15) is 5.10 Å². The normalized spacial score (nSPS) is 14.9. The van der Waals surface area contributed by atoms with Gasteiger partial charge < -0.3 is 10.6 Å². The molecule has 0 saturated carbocycles. The fraction of sp³-hybridized carbons (Fsp3) is 0.235. The summed E-state index contributed by atoms with van der Waals surface area (Å²) < 4.78 is 1.81. The fourth-order valence-electron chi connectivity index (χ4n) is 2.70. The van der Waals surface area contributed by atoms with Crippen molar-refractivity contribution in [3.8, 4) is 5.69 Å². The summed E-state index contributed by atoms with van der Waals surface area (Å²) in [6, 6.07) is 9.98. The van der Waals surface area contributed by atoms with Crippen LogP contribution in [-0.2, 0) is 0 Å². The zero-order valence-corrected chi connectivity index (χ0v) is 12.7. The van der Waals surface area contributed by atoms with Gasteiger partial charge in [-0.15, -0.1) is 0 Å². The maximum Gasteiger partial charge on any atom is 0.130 e. The van der Waals surface area contributed by atoms with Gasteiger partial charge in [0.15, 0.2) is 0 Å². The molecule has 1 aliphatic heterocycles. The standard InChI is InChI=1S/C17H20N4/c1-12-9-14(11-20(3)10-12)16-13(2)17(18)21(19-16)15-7-5-4-6-8-15/h4-9,11H,10,18H2,1-3H3. The Morgan fingerprint density at radius 3 is 2.52 bits per heavy atom. The number of likely N-dealkylation sites (N-methyl/N-ethyl adjacent to an activating group) is 1. The molecular weight excluding hydrogens is 260 g/mol. The molecule has 0 aliphatic carbocycles. The molecular formula is C17H20N4. The van der Waals surface area contributed by atoms with E-state index in [0.717, 1.165) is 29.1 Å². The highest BCUT2D eigenvalue weighted by molar-refractivity contribution is 5.77. The summed E-state index contributed by atoms with van der Waals surface area (Å²) in [5, 5.41) is 4.72. The molecule has 0 unspecified atom stereocenters. The third kappa shape index (κ3) is 2.44. The average Bonchev–Trinajstić information content (AvgIpc) is 2.75. The molecule has 3 rings (SSSR count). The predicted octanol–water partition coefficient (Wildman–Crippen LogP) is 3.00. The van der Waals surface area contributed by atoms with E-state index in [1.54, 1.807) is 0 Å². The van der Waals surface area contributed by atoms with Crippen molar-refractivity contribution in [3.63, 3.8) is 0 Å². The van der Waals surface area contributed by atoms with Gasteiger partial charge in [0.1, 0.15) is 5.82 Å². The van der Waals surface area contributed by atoms with E-state index in [0.29, 0.717) is 5.82 Å². The van der Waals surface area contributed by atoms with E-state index in [-0.39, 0.29) is 0 Å². The van der Waals surface area contributed by atoms with E-state index in [9.17, 15) is 0 Å². The number of rotatable bonds is 2. The minimum Gasteiger partial charge on any atom is -0.383 e. The largest absolute Gasteiger partial charge is 0.383 e. The first kappa shape index (κ1) is 13.5. The molecule has 0 atom stereocenters. The molecule has 21 heavy (non-hydrogen) atoms. The predicted molar refractivity (Wildman–Crippen MR) is 87.1 cm³/mol. The second-order valence-corrected chi connectivity index (χ2v) is 5.60. The number of hydrogen-bond acceptors (Lipinski definition) is 3. The van der Waals surface area contributed by atoms with Crippen LogP contribution in [0.5, 0.6) is 0 Å². The SMILES string of the molecule is CC1=CC(c2nn(-c3ccccc3)c(N)c2C)=CN(C)C1. The number of aromatic nitrogens is 2. The van der Waals surface area contributed by atoms with Crippen molar-refractivity contribution in [1.82, 2.24) is 14.7 Å². The first-order chi connectivity index (χ1) is 10.1. The van der Waals surface area contributed by atoms with Crippen LogP contribution < -0.4 is 5.73 Å². The maximum absolute atomic E-state index is 6.25. The van der Waals surface area contributed by atoms with Crippen LogP contribution in [0, 0.1) is 6.92 Å². The van der Waals surface area contributed by atoms with Gasteiger partial charge in [-0.3, -0.25) is 0 Å². The highest BCUT2D eigenvalue weighted by Gasteiger charge is 2.17. The molecule has 2 N–H and O–H groups in total. The first-order valence-electron chi connectivity index (χ1n) is 7.06. The number of nitrogens with zero attached hydrogens (tertiary/aromatic N) is 3. The maximum atomic E-state index is 6.25. The van der Waals surface area contributed by atoms with Gasteiger partial charge in [-0.1, -0.05) is 29.8 Å². The summed E-state index contributed by atoms with van der Waals surface area (Å²) in [5.41, 5.74) is 11.6. The summed E-state index contributed by atoms with van der Waals surface area (Å²) in [6.07, 6.45) is 4.31. The van der Waals surface area contributed by atoms with E-state index in [2.05, 4.69) is 31.1 Å². The van der Waals surface area contributed by atoms with E-state index >= 15 is 0 Å². The molecule has 4 heteroatoms. The Morgan fingerprint density at radius 1 is 1.14 bits per heavy atom. The second kappa shape index (κ2) is 5.13. The third-order valence-corrected chi connectivity index (χ3v) is 3.70. The summed E-state index contributed by atoms with van der Waals surface area (Å²) in [4.78, 5) is 2.17. The van der Waals surface area contributed by atoms with Crippen molar-refractivity contribution >= 4 is 11.4 Å². The van der Waals surface area contributed by atoms with Crippen molar-refractivity contribution in [1.29, 1.82) is 0 Å². The fourth-order valence-corrected chi connectivity index (χ4v) is 2.70. The number of hydrogen-bond donors (Lipinski definition) is 1. The zero-order chi connectivity index (χ0) is 15.0. The van der Waals surface area contributed by atoms with Gasteiger partial charge in [0.2, 0.25) is 0 Å². The highest BCUT2D eigenvalue weighted by atomic mass is 15.3. The molecule has 1 aromatic carbocycles. The molecule has 108 valence electrons. The Labute approximate surface area is 125 Å². The molecule has 1 aromatic heterocycles. The molecule has 1 aliphatic rings. The number of nitrogens with two attached hydrogens (primary N) is 1. The molecule has 0 spiro atoms. The van der Waals surface area contributed by atoms with E-state index in [1.165, 1.54) is 5.57 Å². The molecule has 0 fully saturated rings. The smallest absolute Gasteiger partial charge is 0.130 e. The van der Waals surface area contributed by atoms with Gasteiger partial charge in [0, 0.05) is 30.9 Å². The van der Waals surface area contributed by atoms with Crippen molar-refractivity contribution in [3.05, 3.63) is 59.4 Å². The van der Waals surface area contributed by atoms with Gasteiger partial charge in [0.05, 0.1) is 11.4 Å². The second-order valence-electron chi connectivity index (χ2n) is 5.60. The lowest BCUT2D eigenvalue weighted by Gasteiger charge is -2.20. The van der Waals surface area contributed by atoms with Crippen LogP contribution in [0.4, 0.5) is 5.82 Å². The summed E-state index contributed by atoms with van der Waals surface area (Å²) >= 11 is 0. The van der Waals surface area contributed by atoms with Crippen molar-refractivity contribution in [2.75, 3.05) is 19.3 Å². The number of allylic oxidation sites excluding steroid dienone is 2. The Morgan fingerprint density at radius 2 is 1.86 bits per heavy atom. The van der Waals surface area contributed by atoms with Crippen LogP contribution in [-0.4, -0.2) is 28.3 Å². The van der Waals surface area contributed by atoms with Crippen molar-refractivity contribution < 1.29 is 0 Å². The average molecular weight is 280 g/mol. The lowest BCUT2D eigenvalue weighted by atomic mass is 10.0. The number of anilines is 1. The monoisotopic (exact) mass is 280 g/mol. The first-order valence-corrected chi connectivity index (χ1v) is 7.06. The van der Waals surface area contributed by atoms with Crippen LogP contribution in [0.15, 0.2) is 48.2 Å². The minimum absolute atomic E-state index is 0.691. The molecule has 0 saturated heterocycles. The van der Waals surface area contributed by atoms with Crippen LogP contribution in [0.1, 0.15) is 18.2 Å². The van der Waals surface area contributed by atoms with E-state index < -0.39 is 0 Å². The van der Waals surface area contributed by atoms with E-state index in [1.807, 2.05) is 41.9 Å². The lowest BCUT2D eigenvalue weighted by Crippen LogP contribution is -2.17. The van der Waals surface area contributed by atoms with Gasteiger partial charge in [0.25, 0.3) is 0 Å². The number of benzene rings is 1. The number of para-hydroxylation sites is 1. The summed E-state index contributed by atoms with van der Waals surface area (Å²) in [6.45, 7) is 5.11. The lowest BCUT2D eigenvalue weighted by molar-refractivity contribution is 0.493. The molecule has 2 aromatic rings. The van der Waals surface area contributed by atoms with E-state index in [4.69, 9.17) is 10.8 Å². The van der Waals surface area contributed by atoms with Crippen molar-refractivity contribution in [2.24, 2.45) is 0 Å². The van der Waals surface area contributed by atoms with Crippen LogP contribution in [0.3, 0.4) is 0 Å². The van der Waals surface area contributed by atoms with Crippen molar-refractivity contribution in [2.45, 2.75) is 13.8 Å².